The van der Waals surface area contributed by atoms with E-state index in [4.69, 9.17) is 15.2 Å². The van der Waals surface area contributed by atoms with Gasteiger partial charge in [0.25, 0.3) is 5.91 Å². The van der Waals surface area contributed by atoms with E-state index in [9.17, 15) is 28.8 Å². The second-order valence-electron chi connectivity index (χ2n) is 13.8. The Morgan fingerprint density at radius 3 is 1.60 bits per heavy atom. The van der Waals surface area contributed by atoms with E-state index in [0.29, 0.717) is 17.9 Å². The standard InChI is InChI=1S/C15H16O.C14H14O.C10H11NO3.C9H9NO3.2CH4/c1-10-4-5-15-9-13(11(2)12(3)16)6-7-14(15)8-10;1-10-3-5-14-9-12(8-11(2)15)4-6-13(14)7-10;1-7(12)11-9-3-5-10(6-4-9)14-8(2)13;1-6(11)13-8-5-3-2-4-7(8)9(10)12;;/h4-9,11H,1-3H3;3-7,9H,8H2,1-2H3;3-6H,1-2H3,(H,11,12);2-5H,1H3,(H2,10,12);2*1H4. The number of anilines is 1. The number of rotatable bonds is 8. The van der Waals surface area contributed by atoms with Gasteiger partial charge in [-0.15, -0.1) is 0 Å². The Balaban J connectivity index is 0.000000397. The van der Waals surface area contributed by atoms with E-state index in [1.807, 2.05) is 19.1 Å². The number of hydrogen-bond acceptors (Lipinski definition) is 8. The summed E-state index contributed by atoms with van der Waals surface area (Å²) in [5.74, 6) is -0.513. The molecule has 0 heterocycles. The highest BCUT2D eigenvalue weighted by atomic mass is 16.5. The van der Waals surface area contributed by atoms with Crippen LogP contribution in [0.3, 0.4) is 0 Å². The number of amides is 2. The molecule has 0 saturated carbocycles. The summed E-state index contributed by atoms with van der Waals surface area (Å²) in [7, 11) is 0. The van der Waals surface area contributed by atoms with Crippen molar-refractivity contribution in [2.24, 2.45) is 5.73 Å². The number of benzene rings is 6. The second-order valence-corrected chi connectivity index (χ2v) is 13.8. The lowest BCUT2D eigenvalue weighted by atomic mass is 9.95. The Morgan fingerprint density at radius 2 is 1.10 bits per heavy atom. The summed E-state index contributed by atoms with van der Waals surface area (Å²) in [5.41, 5.74) is 10.7. The van der Waals surface area contributed by atoms with Crippen LogP contribution in [-0.4, -0.2) is 35.3 Å². The van der Waals surface area contributed by atoms with Crippen LogP contribution in [0, 0.1) is 13.8 Å². The van der Waals surface area contributed by atoms with Crippen LogP contribution in [0.2, 0.25) is 0 Å². The Hall–Kier alpha value is -6.94. The Morgan fingerprint density at radius 1 is 0.600 bits per heavy atom. The fourth-order valence-corrected chi connectivity index (χ4v) is 5.59. The van der Waals surface area contributed by atoms with Crippen molar-refractivity contribution < 1.29 is 38.2 Å². The lowest BCUT2D eigenvalue weighted by molar-refractivity contribution is -0.132. The number of esters is 2. The summed E-state index contributed by atoms with van der Waals surface area (Å²) in [5, 5.41) is 7.49. The van der Waals surface area contributed by atoms with Crippen LogP contribution < -0.4 is 20.5 Å². The van der Waals surface area contributed by atoms with Gasteiger partial charge in [-0.2, -0.15) is 0 Å². The average molecular weight is 815 g/mol. The van der Waals surface area contributed by atoms with Gasteiger partial charge in [0.15, 0.2) is 0 Å². The summed E-state index contributed by atoms with van der Waals surface area (Å²) >= 11 is 0. The predicted octanol–water partition coefficient (Wildman–Crippen LogP) is 10.7. The molecular formula is C50H58N2O8. The molecular weight excluding hydrogens is 757 g/mol. The molecule has 6 aromatic rings. The molecule has 60 heavy (non-hydrogen) atoms. The first-order valence-corrected chi connectivity index (χ1v) is 18.5. The molecule has 0 saturated heterocycles. The third-order valence-corrected chi connectivity index (χ3v) is 8.49. The number of ketones is 2. The van der Waals surface area contributed by atoms with Gasteiger partial charge >= 0.3 is 11.9 Å². The van der Waals surface area contributed by atoms with Crippen molar-refractivity contribution in [1.82, 2.24) is 0 Å². The van der Waals surface area contributed by atoms with Crippen LogP contribution in [0.15, 0.2) is 121 Å². The minimum atomic E-state index is -0.614. The average Bonchev–Trinajstić information content (AvgIpc) is 3.15. The van der Waals surface area contributed by atoms with Gasteiger partial charge < -0.3 is 20.5 Å². The molecule has 0 spiro atoms. The van der Waals surface area contributed by atoms with Crippen molar-refractivity contribution in [2.75, 3.05) is 5.32 Å². The summed E-state index contributed by atoms with van der Waals surface area (Å²) in [4.78, 5) is 65.0. The fourth-order valence-electron chi connectivity index (χ4n) is 5.59. The Kier molecular flexibility index (Phi) is 21.1. The van der Waals surface area contributed by atoms with E-state index in [0.717, 1.165) is 11.1 Å². The second kappa shape index (κ2) is 24.7. The first kappa shape index (κ1) is 51.1. The number of nitrogens with one attached hydrogen (secondary N) is 1. The zero-order valence-electron chi connectivity index (χ0n) is 34.2. The minimum absolute atomic E-state index is 0. The van der Waals surface area contributed by atoms with Crippen molar-refractivity contribution in [3.63, 3.8) is 0 Å². The largest absolute Gasteiger partial charge is 0.427 e. The number of nitrogens with two attached hydrogens (primary N) is 1. The first-order chi connectivity index (χ1) is 27.4. The first-order valence-electron chi connectivity index (χ1n) is 18.5. The van der Waals surface area contributed by atoms with Crippen molar-refractivity contribution in [3.05, 3.63) is 149 Å². The van der Waals surface area contributed by atoms with Gasteiger partial charge in [0.2, 0.25) is 5.91 Å². The molecule has 316 valence electrons. The Bertz CT molecular complexity index is 2380. The van der Waals surface area contributed by atoms with Crippen molar-refractivity contribution >= 4 is 62.6 Å². The quantitative estimate of drug-likeness (QED) is 0.113. The highest BCUT2D eigenvalue weighted by Crippen LogP contribution is 2.23. The normalized spacial score (nSPS) is 10.2. The SMILES string of the molecule is C.C.CC(=O)C(C)c1ccc2cc(C)ccc2c1.CC(=O)Cc1ccc2cc(C)ccc2c1.CC(=O)Nc1ccc(OC(C)=O)cc1.CC(=O)Oc1ccccc1C(N)=O. The molecule has 10 heteroatoms. The number of primary amides is 1. The van der Waals surface area contributed by atoms with Crippen molar-refractivity contribution in [2.45, 2.75) is 82.6 Å². The maximum absolute atomic E-state index is 11.3. The van der Waals surface area contributed by atoms with Crippen LogP contribution in [0.5, 0.6) is 11.5 Å². The third kappa shape index (κ3) is 17.3. The molecule has 6 aromatic carbocycles. The molecule has 3 N–H and O–H groups in total. The van der Waals surface area contributed by atoms with Crippen LogP contribution in [0.4, 0.5) is 5.69 Å². The topological polar surface area (TPSA) is 159 Å². The number of ether oxygens (including phenoxy) is 2. The number of para-hydroxylation sites is 1. The number of hydrogen-bond donors (Lipinski definition) is 2. The Labute approximate surface area is 354 Å². The summed E-state index contributed by atoms with van der Waals surface area (Å²) in [6, 6.07) is 38.1. The summed E-state index contributed by atoms with van der Waals surface area (Å²) in [6.45, 7) is 13.4. The molecule has 0 aliphatic heterocycles. The van der Waals surface area contributed by atoms with Gasteiger partial charge in [-0.05, 0) is 96.8 Å². The molecule has 2 amide bonds. The van der Waals surface area contributed by atoms with Crippen LogP contribution in [0.1, 0.15) is 94.9 Å². The minimum Gasteiger partial charge on any atom is -0.427 e. The van der Waals surface area contributed by atoms with Crippen molar-refractivity contribution in [3.8, 4) is 11.5 Å². The van der Waals surface area contributed by atoms with E-state index >= 15 is 0 Å². The highest BCUT2D eigenvalue weighted by molar-refractivity contribution is 5.96. The van der Waals surface area contributed by atoms with Gasteiger partial charge in [0.05, 0.1) is 5.56 Å². The zero-order chi connectivity index (χ0) is 42.9. The fraction of sp³-hybridized carbons (Fsp3) is 0.240. The molecule has 1 unspecified atom stereocenters. The number of aryl methyl sites for hydroxylation is 2. The molecule has 0 aliphatic rings. The van der Waals surface area contributed by atoms with E-state index in [1.165, 1.54) is 65.6 Å². The van der Waals surface area contributed by atoms with Crippen molar-refractivity contribution in [1.29, 1.82) is 0 Å². The van der Waals surface area contributed by atoms with Crippen LogP contribution in [-0.2, 0) is 30.4 Å². The summed E-state index contributed by atoms with van der Waals surface area (Å²) in [6.07, 6.45) is 0.532. The van der Waals surface area contributed by atoms with Crippen LogP contribution >= 0.6 is 0 Å². The summed E-state index contributed by atoms with van der Waals surface area (Å²) < 4.78 is 9.59. The molecule has 10 nitrogen and oxygen atoms in total. The van der Waals surface area contributed by atoms with Crippen LogP contribution in [0.25, 0.3) is 21.5 Å². The van der Waals surface area contributed by atoms with Gasteiger partial charge in [-0.1, -0.05) is 118 Å². The molecule has 0 bridgehead atoms. The van der Waals surface area contributed by atoms with E-state index in [1.54, 1.807) is 50.2 Å². The molecule has 0 fully saturated rings. The zero-order valence-corrected chi connectivity index (χ0v) is 34.2. The van der Waals surface area contributed by atoms with Gasteiger partial charge in [-0.3, -0.25) is 28.8 Å². The maximum atomic E-state index is 11.3. The van der Waals surface area contributed by atoms with E-state index in [2.05, 4.69) is 79.8 Å². The molecule has 0 radical (unpaired) electrons. The lowest BCUT2D eigenvalue weighted by Gasteiger charge is -2.09. The predicted molar refractivity (Wildman–Crippen MR) is 243 cm³/mol. The van der Waals surface area contributed by atoms with Gasteiger partial charge in [-0.25, -0.2) is 0 Å². The monoisotopic (exact) mass is 814 g/mol. The maximum Gasteiger partial charge on any atom is 0.308 e. The van der Waals surface area contributed by atoms with Gasteiger partial charge in [0, 0.05) is 38.8 Å². The third-order valence-electron chi connectivity index (χ3n) is 8.49. The highest BCUT2D eigenvalue weighted by Gasteiger charge is 2.11. The number of carbonyl (C=O) groups is 6. The van der Waals surface area contributed by atoms with Gasteiger partial charge in [0.1, 0.15) is 23.1 Å². The smallest absolute Gasteiger partial charge is 0.308 e. The van der Waals surface area contributed by atoms with E-state index in [-0.39, 0.29) is 55.5 Å². The number of fused-ring (bicyclic) bond motifs is 2. The van der Waals surface area contributed by atoms with E-state index < -0.39 is 11.9 Å². The lowest BCUT2D eigenvalue weighted by Crippen LogP contribution is -2.14. The molecule has 6 rings (SSSR count). The molecule has 1 atom stereocenters. The molecule has 0 aromatic heterocycles. The number of Topliss-reactive ketones (excluding diaryl/α,β-unsaturated/α-hetero) is 2. The molecule has 0 aliphatic carbocycles. The number of carbonyl (C=O) groups excluding carboxylic acids is 6.